The van der Waals surface area contributed by atoms with Crippen molar-refractivity contribution in [1.29, 1.82) is 0 Å². The Hall–Kier alpha value is -3.45. The van der Waals surface area contributed by atoms with Crippen LogP contribution in [0.4, 0.5) is 13.2 Å². The number of nitrogens with one attached hydrogen (secondary N) is 1. The molecule has 0 bridgehead atoms. The number of carbonyl (C=O) groups is 1. The Labute approximate surface area is 205 Å². The number of carbonyl (C=O) groups excluding carboxylic acids is 1. The van der Waals surface area contributed by atoms with Crippen LogP contribution in [-0.4, -0.2) is 53.6 Å². The molecule has 0 radical (unpaired) electrons. The number of sulfonamides is 1. The fourth-order valence-electron chi connectivity index (χ4n) is 3.63. The summed E-state index contributed by atoms with van der Waals surface area (Å²) >= 11 is 0. The first-order valence-corrected chi connectivity index (χ1v) is 12.5. The Morgan fingerprint density at radius 3 is 2.39 bits per heavy atom. The van der Waals surface area contributed by atoms with Crippen LogP contribution in [0, 0.1) is 0 Å². The SMILES string of the molecule is CN(C)S(=O)(=O)c1ccc(C(=O)NCCn2nc(-c3cccc(C(F)(F)F)c3)n(C3CC3)c2=O)cc1. The number of amides is 1. The van der Waals surface area contributed by atoms with Crippen molar-refractivity contribution in [2.75, 3.05) is 20.6 Å². The van der Waals surface area contributed by atoms with Gasteiger partial charge in [-0.1, -0.05) is 12.1 Å². The van der Waals surface area contributed by atoms with Gasteiger partial charge >= 0.3 is 11.9 Å². The molecule has 1 aliphatic rings. The van der Waals surface area contributed by atoms with Crippen LogP contribution in [0.1, 0.15) is 34.8 Å². The Kier molecular flexibility index (Phi) is 6.80. The Bertz CT molecular complexity index is 1440. The van der Waals surface area contributed by atoms with Crippen LogP contribution in [-0.2, 0) is 22.7 Å². The van der Waals surface area contributed by atoms with Crippen LogP contribution in [0.25, 0.3) is 11.4 Å². The van der Waals surface area contributed by atoms with Gasteiger partial charge in [0.2, 0.25) is 10.0 Å². The van der Waals surface area contributed by atoms with Crippen molar-refractivity contribution >= 4 is 15.9 Å². The van der Waals surface area contributed by atoms with E-state index < -0.39 is 33.4 Å². The summed E-state index contributed by atoms with van der Waals surface area (Å²) in [5, 5.41) is 6.91. The molecule has 0 aliphatic heterocycles. The first-order valence-electron chi connectivity index (χ1n) is 11.1. The number of benzene rings is 2. The quantitative estimate of drug-likeness (QED) is 0.489. The van der Waals surface area contributed by atoms with Crippen LogP contribution in [0.5, 0.6) is 0 Å². The summed E-state index contributed by atoms with van der Waals surface area (Å²) in [5.74, 6) is -0.325. The summed E-state index contributed by atoms with van der Waals surface area (Å²) in [6.45, 7) is 0.0313. The third-order valence-electron chi connectivity index (χ3n) is 5.73. The van der Waals surface area contributed by atoms with Crippen molar-refractivity contribution in [3.05, 3.63) is 70.1 Å². The number of hydrogen-bond donors (Lipinski definition) is 1. The molecule has 1 heterocycles. The molecule has 1 aliphatic carbocycles. The molecule has 0 spiro atoms. The van der Waals surface area contributed by atoms with Gasteiger partial charge in [0, 0.05) is 37.8 Å². The first kappa shape index (κ1) is 25.6. The third-order valence-corrected chi connectivity index (χ3v) is 7.56. The van der Waals surface area contributed by atoms with E-state index in [0.717, 1.165) is 34.0 Å². The molecule has 2 aromatic carbocycles. The zero-order valence-electron chi connectivity index (χ0n) is 19.5. The molecule has 0 atom stereocenters. The highest BCUT2D eigenvalue weighted by molar-refractivity contribution is 7.89. The Morgan fingerprint density at radius 1 is 1.14 bits per heavy atom. The van der Waals surface area contributed by atoms with Crippen molar-refractivity contribution in [1.82, 2.24) is 24.0 Å². The number of halogens is 3. The molecule has 1 amide bonds. The predicted molar refractivity (Wildman–Crippen MR) is 125 cm³/mol. The molecule has 36 heavy (non-hydrogen) atoms. The summed E-state index contributed by atoms with van der Waals surface area (Å²) in [4.78, 5) is 25.4. The minimum absolute atomic E-state index is 0.00332. The van der Waals surface area contributed by atoms with Crippen molar-refractivity contribution in [3.8, 4) is 11.4 Å². The lowest BCUT2D eigenvalue weighted by Gasteiger charge is -2.11. The van der Waals surface area contributed by atoms with Gasteiger partial charge in [0.25, 0.3) is 5.91 Å². The van der Waals surface area contributed by atoms with Crippen molar-refractivity contribution in [2.45, 2.75) is 36.5 Å². The highest BCUT2D eigenvalue weighted by Gasteiger charge is 2.33. The number of nitrogens with zero attached hydrogens (tertiary/aromatic N) is 4. The van der Waals surface area contributed by atoms with Gasteiger partial charge in [-0.15, -0.1) is 5.10 Å². The minimum Gasteiger partial charge on any atom is -0.350 e. The standard InChI is InChI=1S/C23H24F3N5O4S/c1-29(2)36(34,35)19-10-6-15(7-11-19)21(32)27-12-13-30-22(33)31(18-8-9-18)20(28-30)16-4-3-5-17(14-16)23(24,25)26/h3-7,10-11,14,18H,8-9,12-13H2,1-2H3,(H,27,32). The van der Waals surface area contributed by atoms with Crippen molar-refractivity contribution in [2.24, 2.45) is 0 Å². The van der Waals surface area contributed by atoms with Gasteiger partial charge in [-0.3, -0.25) is 9.36 Å². The monoisotopic (exact) mass is 523 g/mol. The number of aromatic nitrogens is 3. The second kappa shape index (κ2) is 9.54. The third kappa shape index (κ3) is 5.21. The highest BCUT2D eigenvalue weighted by Crippen LogP contribution is 2.37. The molecule has 4 rings (SSSR count). The zero-order chi connectivity index (χ0) is 26.3. The van der Waals surface area contributed by atoms with Crippen molar-refractivity contribution in [3.63, 3.8) is 0 Å². The lowest BCUT2D eigenvalue weighted by atomic mass is 10.1. The average molecular weight is 524 g/mol. The summed E-state index contributed by atoms with van der Waals surface area (Å²) in [6.07, 6.45) is -3.07. The molecule has 13 heteroatoms. The molecule has 1 aromatic heterocycles. The maximum Gasteiger partial charge on any atom is 0.416 e. The lowest BCUT2D eigenvalue weighted by molar-refractivity contribution is -0.137. The fraction of sp³-hybridized carbons (Fsp3) is 0.348. The molecule has 3 aromatic rings. The molecular weight excluding hydrogens is 499 g/mol. The van der Waals surface area contributed by atoms with Gasteiger partial charge in [0.1, 0.15) is 0 Å². The number of rotatable bonds is 8. The lowest BCUT2D eigenvalue weighted by Crippen LogP contribution is -2.32. The molecule has 0 saturated heterocycles. The van der Waals surface area contributed by atoms with Crippen LogP contribution in [0.2, 0.25) is 0 Å². The van der Waals surface area contributed by atoms with E-state index in [-0.39, 0.29) is 41.0 Å². The van der Waals surface area contributed by atoms with Crippen LogP contribution < -0.4 is 11.0 Å². The molecule has 9 nitrogen and oxygen atoms in total. The second-order valence-corrected chi connectivity index (χ2v) is 10.7. The zero-order valence-corrected chi connectivity index (χ0v) is 20.3. The second-order valence-electron chi connectivity index (χ2n) is 8.58. The molecule has 1 saturated carbocycles. The van der Waals surface area contributed by atoms with E-state index in [1.807, 2.05) is 0 Å². The minimum atomic E-state index is -4.53. The average Bonchev–Trinajstić information content (AvgIpc) is 3.62. The first-order chi connectivity index (χ1) is 16.9. The fourth-order valence-corrected chi connectivity index (χ4v) is 4.53. The summed E-state index contributed by atoms with van der Waals surface area (Å²) in [5.41, 5.74) is -0.879. The van der Waals surface area contributed by atoms with E-state index in [9.17, 15) is 31.2 Å². The van der Waals surface area contributed by atoms with E-state index in [2.05, 4.69) is 10.4 Å². The van der Waals surface area contributed by atoms with E-state index in [1.165, 1.54) is 55.1 Å². The predicted octanol–water partition coefficient (Wildman–Crippen LogP) is 2.75. The molecule has 1 N–H and O–H groups in total. The van der Waals surface area contributed by atoms with Gasteiger partial charge < -0.3 is 5.32 Å². The smallest absolute Gasteiger partial charge is 0.350 e. The maximum atomic E-state index is 13.2. The topological polar surface area (TPSA) is 106 Å². The van der Waals surface area contributed by atoms with Crippen molar-refractivity contribution < 1.29 is 26.4 Å². The Morgan fingerprint density at radius 2 is 1.81 bits per heavy atom. The maximum absolute atomic E-state index is 13.2. The normalized spacial score (nSPS) is 14.3. The highest BCUT2D eigenvalue weighted by atomic mass is 32.2. The van der Waals surface area contributed by atoms with E-state index in [1.54, 1.807) is 0 Å². The van der Waals surface area contributed by atoms with Gasteiger partial charge in [0.05, 0.1) is 17.0 Å². The molecule has 1 fully saturated rings. The molecule has 0 unspecified atom stereocenters. The van der Waals surface area contributed by atoms with E-state index >= 15 is 0 Å². The molecular formula is C23H24F3N5O4S. The number of alkyl halides is 3. The van der Waals surface area contributed by atoms with Gasteiger partial charge in [-0.2, -0.15) is 13.2 Å². The van der Waals surface area contributed by atoms with Gasteiger partial charge in [0.15, 0.2) is 5.82 Å². The van der Waals surface area contributed by atoms with Gasteiger partial charge in [-0.05, 0) is 49.2 Å². The molecule has 192 valence electrons. The summed E-state index contributed by atoms with van der Waals surface area (Å²) in [6, 6.07) is 9.96. The van der Waals surface area contributed by atoms with Gasteiger partial charge in [-0.25, -0.2) is 22.2 Å². The van der Waals surface area contributed by atoms with Crippen LogP contribution >= 0.6 is 0 Å². The van der Waals surface area contributed by atoms with Crippen LogP contribution in [0.3, 0.4) is 0 Å². The van der Waals surface area contributed by atoms with E-state index in [4.69, 9.17) is 0 Å². The number of hydrogen-bond acceptors (Lipinski definition) is 5. The Balaban J connectivity index is 1.48. The summed E-state index contributed by atoms with van der Waals surface area (Å²) in [7, 11) is -0.817. The largest absolute Gasteiger partial charge is 0.416 e. The van der Waals surface area contributed by atoms with Crippen LogP contribution in [0.15, 0.2) is 58.2 Å². The summed E-state index contributed by atoms with van der Waals surface area (Å²) < 4.78 is 67.4. The van der Waals surface area contributed by atoms with E-state index in [0.29, 0.717) is 0 Å².